The summed E-state index contributed by atoms with van der Waals surface area (Å²) in [5.41, 5.74) is 0. The van der Waals surface area contributed by atoms with Gasteiger partial charge in [0, 0.05) is 0 Å². The van der Waals surface area contributed by atoms with E-state index < -0.39 is 0 Å². The molecule has 0 atom stereocenters. The molecule has 0 heterocycles. The number of rotatable bonds is 0. The molecule has 0 rings (SSSR count). The largest absolute Gasteiger partial charge is 1.00 e. The van der Waals surface area contributed by atoms with Gasteiger partial charge in [0.25, 0.3) is 0 Å². The van der Waals surface area contributed by atoms with Gasteiger partial charge in [-0.25, -0.2) is 0 Å². The van der Waals surface area contributed by atoms with Gasteiger partial charge in [-0.05, 0) is 0 Å². The van der Waals surface area contributed by atoms with Crippen molar-refractivity contribution < 1.29 is 42.0 Å². The second kappa shape index (κ2) is 29.6. The zero-order valence-corrected chi connectivity index (χ0v) is 5.55. The topological polar surface area (TPSA) is 70.0 Å². The van der Waals surface area contributed by atoms with Gasteiger partial charge in [0.15, 0.2) is 0 Å². The van der Waals surface area contributed by atoms with Crippen LogP contribution in [0.2, 0.25) is 0 Å². The molecule has 0 aliphatic heterocycles. The maximum absolute atomic E-state index is 0. The predicted molar refractivity (Wildman–Crippen MR) is 10.0 cm³/mol. The molecule has 2 nitrogen and oxygen atoms in total. The minimum Gasteiger partial charge on any atom is -1.00 e. The molecular formula is H6ClN2Na. The molecule has 0 spiro atoms. The summed E-state index contributed by atoms with van der Waals surface area (Å²) in [6.07, 6.45) is 0. The first kappa shape index (κ1) is 63.1. The SMILES string of the molecule is N.N.[Cl-].[Na+]. The summed E-state index contributed by atoms with van der Waals surface area (Å²) in [6.45, 7) is 0. The Kier molecular flexibility index (Phi) is 467. The molecule has 0 aromatic carbocycles. The van der Waals surface area contributed by atoms with E-state index in [1.807, 2.05) is 0 Å². The molecule has 4 heteroatoms. The third-order valence-electron chi connectivity index (χ3n) is 0. The van der Waals surface area contributed by atoms with Crippen molar-refractivity contribution in [1.82, 2.24) is 12.3 Å². The summed E-state index contributed by atoms with van der Waals surface area (Å²) < 4.78 is 0. The first-order chi connectivity index (χ1) is 0. The quantitative estimate of drug-likeness (QED) is 0.293. The van der Waals surface area contributed by atoms with Gasteiger partial charge >= 0.3 is 29.6 Å². The molecule has 0 bridgehead atoms. The Morgan fingerprint density at radius 3 is 0.750 bits per heavy atom. The van der Waals surface area contributed by atoms with Gasteiger partial charge in [0.1, 0.15) is 0 Å². The van der Waals surface area contributed by atoms with Crippen LogP contribution < -0.4 is 54.3 Å². The maximum Gasteiger partial charge on any atom is 1.00 e. The Hall–Kier alpha value is 1.21. The number of hydrogen-bond donors (Lipinski definition) is 2. The molecule has 0 amide bonds. The molecule has 0 aromatic heterocycles. The van der Waals surface area contributed by atoms with Crippen molar-refractivity contribution in [2.75, 3.05) is 0 Å². The smallest absolute Gasteiger partial charge is 1.00 e. The first-order valence-corrected chi connectivity index (χ1v) is 0. The average molecular weight is 92.5 g/mol. The number of halogens is 1. The van der Waals surface area contributed by atoms with Crippen LogP contribution in [0.1, 0.15) is 0 Å². The second-order valence-corrected chi connectivity index (χ2v) is 0. The van der Waals surface area contributed by atoms with Crippen LogP contribution in [0.15, 0.2) is 0 Å². The van der Waals surface area contributed by atoms with E-state index in [-0.39, 0.29) is 54.3 Å². The van der Waals surface area contributed by atoms with Crippen molar-refractivity contribution >= 4 is 0 Å². The van der Waals surface area contributed by atoms with Gasteiger partial charge in [-0.3, -0.25) is 0 Å². The van der Waals surface area contributed by atoms with Gasteiger partial charge < -0.3 is 24.7 Å². The standard InChI is InChI=1S/ClH.2H3N.Na/h1H;2*1H3;/q;;;+1/p-1. The Labute approximate surface area is 54.2 Å². The van der Waals surface area contributed by atoms with E-state index >= 15 is 0 Å². The number of hydrogen-bond acceptors (Lipinski definition) is 2. The van der Waals surface area contributed by atoms with E-state index in [0.717, 1.165) is 0 Å². The molecule has 0 aliphatic rings. The van der Waals surface area contributed by atoms with Crippen LogP contribution in [0.3, 0.4) is 0 Å². The monoisotopic (exact) mass is 92.0 g/mol. The molecule has 0 aromatic rings. The zero-order chi connectivity index (χ0) is 0. The Morgan fingerprint density at radius 2 is 0.750 bits per heavy atom. The minimum absolute atomic E-state index is 0. The summed E-state index contributed by atoms with van der Waals surface area (Å²) in [4.78, 5) is 0. The van der Waals surface area contributed by atoms with Crippen LogP contribution in [0.5, 0.6) is 0 Å². The third-order valence-corrected chi connectivity index (χ3v) is 0. The van der Waals surface area contributed by atoms with E-state index in [4.69, 9.17) is 0 Å². The average Bonchev–Trinajstić information content (AvgIpc) is 0. The summed E-state index contributed by atoms with van der Waals surface area (Å²) in [6, 6.07) is 0. The van der Waals surface area contributed by atoms with Crippen LogP contribution in [0.4, 0.5) is 0 Å². The van der Waals surface area contributed by atoms with E-state index in [2.05, 4.69) is 0 Å². The first-order valence-electron chi connectivity index (χ1n) is 0. The van der Waals surface area contributed by atoms with Crippen LogP contribution in [0, 0.1) is 0 Å². The molecule has 0 unspecified atom stereocenters. The molecular weight excluding hydrogens is 86.5 g/mol. The molecule has 0 radical (unpaired) electrons. The fourth-order valence-electron chi connectivity index (χ4n) is 0. The van der Waals surface area contributed by atoms with Crippen molar-refractivity contribution in [2.45, 2.75) is 0 Å². The van der Waals surface area contributed by atoms with Crippen LogP contribution in [-0.2, 0) is 0 Å². The normalized spacial score (nSPS) is 0. The van der Waals surface area contributed by atoms with E-state index in [0.29, 0.717) is 0 Å². The molecule has 6 N–H and O–H groups in total. The fourth-order valence-corrected chi connectivity index (χ4v) is 0. The van der Waals surface area contributed by atoms with Gasteiger partial charge in [-0.15, -0.1) is 0 Å². The molecule has 0 fully saturated rings. The van der Waals surface area contributed by atoms with Gasteiger partial charge in [0.05, 0.1) is 0 Å². The molecule has 4 heavy (non-hydrogen) atoms. The Balaban J connectivity index is 0. The maximum atomic E-state index is 0. The predicted octanol–water partition coefficient (Wildman–Crippen LogP) is -5.67. The van der Waals surface area contributed by atoms with Crippen molar-refractivity contribution in [1.29, 1.82) is 0 Å². The molecule has 0 aliphatic carbocycles. The van der Waals surface area contributed by atoms with Crippen molar-refractivity contribution in [3.05, 3.63) is 0 Å². The van der Waals surface area contributed by atoms with Crippen molar-refractivity contribution in [3.63, 3.8) is 0 Å². The molecule has 0 saturated heterocycles. The Bertz CT molecular complexity index is 6.00. The van der Waals surface area contributed by atoms with E-state index in [9.17, 15) is 0 Å². The summed E-state index contributed by atoms with van der Waals surface area (Å²) in [5.74, 6) is 0. The summed E-state index contributed by atoms with van der Waals surface area (Å²) in [7, 11) is 0. The van der Waals surface area contributed by atoms with Crippen molar-refractivity contribution in [3.8, 4) is 0 Å². The third kappa shape index (κ3) is 10.7. The fraction of sp³-hybridized carbons (Fsp3) is 0. The van der Waals surface area contributed by atoms with E-state index in [1.54, 1.807) is 0 Å². The van der Waals surface area contributed by atoms with Gasteiger partial charge in [0.2, 0.25) is 0 Å². The summed E-state index contributed by atoms with van der Waals surface area (Å²) in [5, 5.41) is 0. The minimum atomic E-state index is 0. The van der Waals surface area contributed by atoms with E-state index in [1.165, 1.54) is 0 Å². The van der Waals surface area contributed by atoms with Crippen LogP contribution in [-0.4, -0.2) is 0 Å². The second-order valence-electron chi connectivity index (χ2n) is 0. The molecule has 0 saturated carbocycles. The van der Waals surface area contributed by atoms with Gasteiger partial charge in [-0.1, -0.05) is 0 Å². The van der Waals surface area contributed by atoms with Crippen molar-refractivity contribution in [2.24, 2.45) is 0 Å². The van der Waals surface area contributed by atoms with Gasteiger partial charge in [-0.2, -0.15) is 0 Å². The van der Waals surface area contributed by atoms with Crippen LogP contribution in [0.25, 0.3) is 0 Å². The zero-order valence-electron chi connectivity index (χ0n) is 2.79. The Morgan fingerprint density at radius 1 is 0.750 bits per heavy atom. The summed E-state index contributed by atoms with van der Waals surface area (Å²) >= 11 is 0. The molecule has 24 valence electrons. The van der Waals surface area contributed by atoms with Crippen LogP contribution >= 0.6 is 0 Å².